The Morgan fingerprint density at radius 2 is 1.89 bits per heavy atom. The van der Waals surface area contributed by atoms with Crippen LogP contribution in [0.2, 0.25) is 0 Å². The summed E-state index contributed by atoms with van der Waals surface area (Å²) in [6.45, 7) is 3.53. The lowest BCUT2D eigenvalue weighted by molar-refractivity contribution is 0.0696. The first-order valence-electron chi connectivity index (χ1n) is 5.69. The minimum atomic E-state index is -1.04. The molecule has 5 nitrogen and oxygen atoms in total. The van der Waals surface area contributed by atoms with Gasteiger partial charge in [-0.2, -0.15) is 0 Å². The van der Waals surface area contributed by atoms with Gasteiger partial charge in [0.15, 0.2) is 5.76 Å². The fourth-order valence-corrected chi connectivity index (χ4v) is 1.63. The molecule has 0 spiro atoms. The van der Waals surface area contributed by atoms with Crippen molar-refractivity contribution in [2.75, 3.05) is 5.32 Å². The SMILES string of the molecule is Cc1ccc(C(=O)Nc2cc(C(=O)O)ccc2C)o1. The van der Waals surface area contributed by atoms with Gasteiger partial charge in [-0.05, 0) is 43.7 Å². The van der Waals surface area contributed by atoms with Gasteiger partial charge in [-0.1, -0.05) is 6.07 Å². The van der Waals surface area contributed by atoms with Crippen molar-refractivity contribution in [2.45, 2.75) is 13.8 Å². The molecule has 2 aromatic rings. The molecular weight excluding hydrogens is 246 g/mol. The summed E-state index contributed by atoms with van der Waals surface area (Å²) in [4.78, 5) is 22.8. The van der Waals surface area contributed by atoms with Gasteiger partial charge in [0, 0.05) is 5.69 Å². The van der Waals surface area contributed by atoms with E-state index >= 15 is 0 Å². The maximum atomic E-state index is 11.9. The Morgan fingerprint density at radius 1 is 1.16 bits per heavy atom. The van der Waals surface area contributed by atoms with Crippen LogP contribution in [0.25, 0.3) is 0 Å². The molecule has 0 radical (unpaired) electrons. The number of carboxylic acids is 1. The maximum absolute atomic E-state index is 11.9. The van der Waals surface area contributed by atoms with Gasteiger partial charge >= 0.3 is 5.97 Å². The number of hydrogen-bond donors (Lipinski definition) is 2. The lowest BCUT2D eigenvalue weighted by Crippen LogP contribution is -2.12. The second-order valence-corrected chi connectivity index (χ2v) is 4.20. The minimum absolute atomic E-state index is 0.122. The number of aryl methyl sites for hydroxylation is 2. The van der Waals surface area contributed by atoms with Gasteiger partial charge in [0.05, 0.1) is 5.56 Å². The fourth-order valence-electron chi connectivity index (χ4n) is 1.63. The second-order valence-electron chi connectivity index (χ2n) is 4.20. The highest BCUT2D eigenvalue weighted by Gasteiger charge is 2.13. The summed E-state index contributed by atoms with van der Waals surface area (Å²) >= 11 is 0. The Kier molecular flexibility index (Phi) is 3.37. The zero-order valence-electron chi connectivity index (χ0n) is 10.6. The highest BCUT2D eigenvalue weighted by molar-refractivity contribution is 6.03. The third kappa shape index (κ3) is 2.82. The Balaban J connectivity index is 2.25. The number of anilines is 1. The van der Waals surface area contributed by atoms with Crippen LogP contribution in [0.3, 0.4) is 0 Å². The number of rotatable bonds is 3. The number of benzene rings is 1. The van der Waals surface area contributed by atoms with Crippen LogP contribution in [0.5, 0.6) is 0 Å². The van der Waals surface area contributed by atoms with Gasteiger partial charge < -0.3 is 14.8 Å². The Bertz CT molecular complexity index is 643. The first-order chi connectivity index (χ1) is 8.97. The highest BCUT2D eigenvalue weighted by Crippen LogP contribution is 2.18. The van der Waals surface area contributed by atoms with Crippen molar-refractivity contribution >= 4 is 17.6 Å². The summed E-state index contributed by atoms with van der Waals surface area (Å²) in [6, 6.07) is 7.82. The van der Waals surface area contributed by atoms with E-state index < -0.39 is 11.9 Å². The number of carboxylic acid groups (broad SMARTS) is 1. The van der Waals surface area contributed by atoms with Crippen molar-refractivity contribution in [3.05, 3.63) is 53.0 Å². The molecule has 0 fully saturated rings. The molecule has 0 saturated heterocycles. The van der Waals surface area contributed by atoms with Gasteiger partial charge in [0.1, 0.15) is 5.76 Å². The van der Waals surface area contributed by atoms with Crippen LogP contribution in [0, 0.1) is 13.8 Å². The number of carbonyl (C=O) groups excluding carboxylic acids is 1. The smallest absolute Gasteiger partial charge is 0.335 e. The molecule has 2 rings (SSSR count). The van der Waals surface area contributed by atoms with E-state index in [1.165, 1.54) is 12.1 Å². The van der Waals surface area contributed by atoms with Crippen LogP contribution in [0.4, 0.5) is 5.69 Å². The predicted octanol–water partition coefficient (Wildman–Crippen LogP) is 2.85. The number of furan rings is 1. The zero-order valence-corrected chi connectivity index (χ0v) is 10.6. The standard InChI is InChI=1S/C14H13NO4/c1-8-3-5-10(14(17)18)7-11(8)15-13(16)12-6-4-9(2)19-12/h3-7H,1-2H3,(H,15,16)(H,17,18). The molecule has 1 aromatic carbocycles. The summed E-state index contributed by atoms with van der Waals surface area (Å²) in [6.07, 6.45) is 0. The molecule has 0 aliphatic carbocycles. The minimum Gasteiger partial charge on any atom is -0.478 e. The van der Waals surface area contributed by atoms with Crippen molar-refractivity contribution in [2.24, 2.45) is 0 Å². The van der Waals surface area contributed by atoms with Crippen LogP contribution in [-0.2, 0) is 0 Å². The first-order valence-corrected chi connectivity index (χ1v) is 5.69. The zero-order chi connectivity index (χ0) is 14.0. The molecule has 1 amide bonds. The molecule has 0 bridgehead atoms. The van der Waals surface area contributed by atoms with E-state index in [4.69, 9.17) is 9.52 Å². The van der Waals surface area contributed by atoms with Crippen LogP contribution in [-0.4, -0.2) is 17.0 Å². The van der Waals surface area contributed by atoms with Crippen molar-refractivity contribution in [3.8, 4) is 0 Å². The normalized spacial score (nSPS) is 10.2. The third-order valence-electron chi connectivity index (χ3n) is 2.70. The fraction of sp³-hybridized carbons (Fsp3) is 0.143. The lowest BCUT2D eigenvalue weighted by Gasteiger charge is -2.08. The van der Waals surface area contributed by atoms with E-state index in [1.807, 2.05) is 0 Å². The van der Waals surface area contributed by atoms with Crippen molar-refractivity contribution < 1.29 is 19.1 Å². The average molecular weight is 259 g/mol. The number of hydrogen-bond acceptors (Lipinski definition) is 3. The molecular formula is C14H13NO4. The van der Waals surface area contributed by atoms with Gasteiger partial charge in [0.25, 0.3) is 5.91 Å². The summed E-state index contributed by atoms with van der Waals surface area (Å²) in [5.41, 5.74) is 1.36. The maximum Gasteiger partial charge on any atom is 0.335 e. The first kappa shape index (κ1) is 12.9. The van der Waals surface area contributed by atoms with E-state index in [2.05, 4.69) is 5.32 Å². The molecule has 2 N–H and O–H groups in total. The second kappa shape index (κ2) is 4.97. The van der Waals surface area contributed by atoms with Gasteiger partial charge in [-0.3, -0.25) is 4.79 Å². The van der Waals surface area contributed by atoms with Crippen LogP contribution < -0.4 is 5.32 Å². The van der Waals surface area contributed by atoms with Crippen molar-refractivity contribution in [1.29, 1.82) is 0 Å². The molecule has 1 heterocycles. The van der Waals surface area contributed by atoms with E-state index in [-0.39, 0.29) is 11.3 Å². The summed E-state index contributed by atoms with van der Waals surface area (Å²) < 4.78 is 5.21. The van der Waals surface area contributed by atoms with Crippen LogP contribution >= 0.6 is 0 Å². The lowest BCUT2D eigenvalue weighted by atomic mass is 10.1. The molecule has 0 atom stereocenters. The Hall–Kier alpha value is -2.56. The van der Waals surface area contributed by atoms with Gasteiger partial charge in [0.2, 0.25) is 0 Å². The Morgan fingerprint density at radius 3 is 2.47 bits per heavy atom. The number of aromatic carboxylic acids is 1. The topological polar surface area (TPSA) is 79.5 Å². The summed E-state index contributed by atoms with van der Waals surface area (Å²) in [5, 5.41) is 11.6. The van der Waals surface area contributed by atoms with Crippen molar-refractivity contribution in [3.63, 3.8) is 0 Å². The molecule has 0 aliphatic heterocycles. The average Bonchev–Trinajstić information content (AvgIpc) is 2.78. The molecule has 0 aliphatic rings. The molecule has 19 heavy (non-hydrogen) atoms. The third-order valence-corrected chi connectivity index (χ3v) is 2.70. The number of nitrogens with one attached hydrogen (secondary N) is 1. The van der Waals surface area contributed by atoms with Gasteiger partial charge in [-0.15, -0.1) is 0 Å². The van der Waals surface area contributed by atoms with E-state index in [0.717, 1.165) is 5.56 Å². The predicted molar refractivity (Wildman–Crippen MR) is 69.5 cm³/mol. The van der Waals surface area contributed by atoms with Gasteiger partial charge in [-0.25, -0.2) is 4.79 Å². The van der Waals surface area contributed by atoms with E-state index in [9.17, 15) is 9.59 Å². The number of amides is 1. The Labute approximate surface area is 109 Å². The summed E-state index contributed by atoms with van der Waals surface area (Å²) in [7, 11) is 0. The molecule has 5 heteroatoms. The highest BCUT2D eigenvalue weighted by atomic mass is 16.4. The quantitative estimate of drug-likeness (QED) is 0.888. The van der Waals surface area contributed by atoms with Crippen LogP contribution in [0.1, 0.15) is 32.2 Å². The van der Waals surface area contributed by atoms with E-state index in [1.54, 1.807) is 32.0 Å². The number of carbonyl (C=O) groups is 2. The van der Waals surface area contributed by atoms with Crippen molar-refractivity contribution in [1.82, 2.24) is 0 Å². The largest absolute Gasteiger partial charge is 0.478 e. The molecule has 98 valence electrons. The van der Waals surface area contributed by atoms with E-state index in [0.29, 0.717) is 11.4 Å². The molecule has 0 saturated carbocycles. The van der Waals surface area contributed by atoms with Crippen LogP contribution in [0.15, 0.2) is 34.7 Å². The molecule has 1 aromatic heterocycles. The monoisotopic (exact) mass is 259 g/mol. The molecule has 0 unspecified atom stereocenters. The summed E-state index contributed by atoms with van der Waals surface area (Å²) in [5.74, 6) is -0.609.